The molecule has 404 valence electrons. The minimum absolute atomic E-state index is 0.0666. The van der Waals surface area contributed by atoms with E-state index in [1.54, 1.807) is 71.6 Å². The predicted molar refractivity (Wildman–Crippen MR) is 294 cm³/mol. The van der Waals surface area contributed by atoms with E-state index >= 15 is 0 Å². The van der Waals surface area contributed by atoms with Gasteiger partial charge in [-0.2, -0.15) is 0 Å². The zero-order valence-corrected chi connectivity index (χ0v) is 44.3. The smallest absolute Gasteiger partial charge is 0.260 e. The van der Waals surface area contributed by atoms with Gasteiger partial charge in [0.25, 0.3) is 23.6 Å². The molecule has 4 aromatic rings. The Morgan fingerprint density at radius 1 is 0.705 bits per heavy atom. The number of nitrogens with one attached hydrogen (secondary N) is 2. The molecule has 4 aromatic carbocycles. The van der Waals surface area contributed by atoms with Crippen molar-refractivity contribution in [3.8, 4) is 23.0 Å². The highest BCUT2D eigenvalue weighted by Crippen LogP contribution is 2.41. The molecule has 0 saturated carbocycles. The number of Topliss-reactive ketones (excluding diaryl/α,β-unsaturated/α-hetero) is 1. The van der Waals surface area contributed by atoms with Crippen molar-refractivity contribution in [1.82, 2.24) is 20.0 Å². The van der Waals surface area contributed by atoms with Gasteiger partial charge in [-0.25, -0.2) is 0 Å². The third-order valence-corrected chi connectivity index (χ3v) is 14.5. The molecule has 18 heteroatoms. The topological polar surface area (TPSA) is 226 Å². The van der Waals surface area contributed by atoms with Crippen LogP contribution in [0.2, 0.25) is 0 Å². The minimum Gasteiger partial charge on any atom is -0.508 e. The van der Waals surface area contributed by atoms with Crippen molar-refractivity contribution in [3.63, 3.8) is 0 Å². The number of hydrogen-bond donors (Lipinski definition) is 3. The molecule has 5 heterocycles. The fourth-order valence-electron chi connectivity index (χ4n) is 10.1. The minimum atomic E-state index is -0.758. The van der Waals surface area contributed by atoms with Gasteiger partial charge < -0.3 is 39.8 Å². The van der Waals surface area contributed by atoms with Crippen LogP contribution in [0, 0.1) is 18.8 Å². The summed E-state index contributed by atoms with van der Waals surface area (Å²) in [5.41, 5.74) is 6.88. The molecule has 0 aromatic heterocycles. The number of carbonyl (C=O) groups is 7. The van der Waals surface area contributed by atoms with Crippen LogP contribution in [0.4, 0.5) is 17.1 Å². The number of amides is 6. The lowest BCUT2D eigenvalue weighted by atomic mass is 9.92. The summed E-state index contributed by atoms with van der Waals surface area (Å²) in [6, 6.07) is 19.9. The average Bonchev–Trinajstić information content (AvgIpc) is 4.24. The number of ketones is 1. The number of hydrogen-bond acceptors (Lipinski definition) is 13. The third-order valence-electron chi connectivity index (χ3n) is 14.5. The first-order chi connectivity index (χ1) is 37.5. The number of carbonyl (C=O) groups excluding carboxylic acids is 7. The molecule has 0 saturated heterocycles. The monoisotopic (exact) mass is 1060 g/mol. The van der Waals surface area contributed by atoms with E-state index in [2.05, 4.69) is 10.6 Å². The van der Waals surface area contributed by atoms with E-state index in [4.69, 9.17) is 24.2 Å². The lowest BCUT2D eigenvalue weighted by molar-refractivity contribution is -0.137. The van der Waals surface area contributed by atoms with Crippen molar-refractivity contribution in [3.05, 3.63) is 125 Å². The molecule has 4 atom stereocenters. The molecular weight excluding hydrogens is 995 g/mol. The molecule has 18 nitrogen and oxygen atoms in total. The van der Waals surface area contributed by atoms with E-state index in [-0.39, 0.29) is 84.4 Å². The summed E-state index contributed by atoms with van der Waals surface area (Å²) in [5, 5.41) is 15.5. The SMILES string of the molecule is COc1cc2c(cc1OCCCOc1cc3c(cc1C)C(=O)N1C=C(c4ccc(O)cc4)C[C@H]1C=N3)N=C[C@@H]1CC(c3ccc(NC(=O)[C@H](C)CC(=O)[C@@H](NC(=O)CCCCCN4C(=O)C=CC4=O)C(C)C)cc3)=CN1C2=O. The van der Waals surface area contributed by atoms with E-state index in [1.807, 2.05) is 63.5 Å². The van der Waals surface area contributed by atoms with Crippen LogP contribution in [0.25, 0.3) is 11.1 Å². The van der Waals surface area contributed by atoms with Crippen molar-refractivity contribution < 1.29 is 52.9 Å². The maximum atomic E-state index is 14.1. The van der Waals surface area contributed by atoms with Gasteiger partial charge in [0.15, 0.2) is 17.3 Å². The van der Waals surface area contributed by atoms with Crippen LogP contribution in [0.3, 0.4) is 0 Å². The van der Waals surface area contributed by atoms with Gasteiger partial charge in [0.05, 0.1) is 61.0 Å². The van der Waals surface area contributed by atoms with Gasteiger partial charge in [-0.1, -0.05) is 51.5 Å². The highest BCUT2D eigenvalue weighted by Gasteiger charge is 2.36. The van der Waals surface area contributed by atoms with E-state index in [0.717, 1.165) is 27.8 Å². The van der Waals surface area contributed by atoms with Gasteiger partial charge in [0.1, 0.15) is 11.5 Å². The largest absolute Gasteiger partial charge is 0.508 e. The highest BCUT2D eigenvalue weighted by molar-refractivity contribution is 6.13. The molecule has 0 aliphatic carbocycles. The fraction of sp³-hybridized carbons (Fsp3) is 0.350. The lowest BCUT2D eigenvalue weighted by Crippen LogP contribution is -2.45. The number of rotatable bonds is 22. The quantitative estimate of drug-likeness (QED) is 0.0499. The number of nitrogens with zero attached hydrogens (tertiary/aromatic N) is 5. The van der Waals surface area contributed by atoms with Crippen LogP contribution in [0.15, 0.2) is 107 Å². The summed E-state index contributed by atoms with van der Waals surface area (Å²) in [6.45, 7) is 8.14. The summed E-state index contributed by atoms with van der Waals surface area (Å²) < 4.78 is 18.0. The Balaban J connectivity index is 0.734. The van der Waals surface area contributed by atoms with Crippen molar-refractivity contribution >= 4 is 81.9 Å². The summed E-state index contributed by atoms with van der Waals surface area (Å²) in [4.78, 5) is 105. The van der Waals surface area contributed by atoms with Crippen molar-refractivity contribution in [2.24, 2.45) is 21.8 Å². The van der Waals surface area contributed by atoms with Crippen LogP contribution in [-0.4, -0.2) is 118 Å². The average molecular weight is 1060 g/mol. The number of benzene rings is 4. The molecule has 0 spiro atoms. The van der Waals surface area contributed by atoms with Gasteiger partial charge >= 0.3 is 0 Å². The fourth-order valence-corrected chi connectivity index (χ4v) is 10.1. The Morgan fingerprint density at radius 2 is 1.27 bits per heavy atom. The number of fused-ring (bicyclic) bond motifs is 4. The summed E-state index contributed by atoms with van der Waals surface area (Å²) >= 11 is 0. The maximum Gasteiger partial charge on any atom is 0.260 e. The first kappa shape index (κ1) is 54.1. The molecule has 0 fully saturated rings. The number of phenols is 1. The van der Waals surface area contributed by atoms with Crippen LogP contribution in [0.5, 0.6) is 23.0 Å². The molecule has 3 N–H and O–H groups in total. The summed E-state index contributed by atoms with van der Waals surface area (Å²) in [6.07, 6.45) is 13.2. The molecule has 5 aliphatic rings. The molecule has 0 radical (unpaired) electrons. The van der Waals surface area contributed by atoms with Crippen molar-refractivity contribution in [2.45, 2.75) is 97.2 Å². The lowest BCUT2D eigenvalue weighted by Gasteiger charge is -2.23. The highest BCUT2D eigenvalue weighted by atomic mass is 16.5. The molecule has 6 amide bonds. The van der Waals surface area contributed by atoms with Crippen molar-refractivity contribution in [1.29, 1.82) is 0 Å². The molecule has 9 rings (SSSR count). The van der Waals surface area contributed by atoms with Crippen molar-refractivity contribution in [2.75, 3.05) is 32.2 Å². The number of aryl methyl sites for hydroxylation is 1. The Kier molecular flexibility index (Phi) is 16.4. The Morgan fingerprint density at radius 3 is 1.86 bits per heavy atom. The second kappa shape index (κ2) is 23.7. The third kappa shape index (κ3) is 12.1. The van der Waals surface area contributed by atoms with Gasteiger partial charge in [-0.15, -0.1) is 0 Å². The Labute approximate surface area is 452 Å². The number of anilines is 1. The second-order valence-electron chi connectivity index (χ2n) is 20.5. The van der Waals surface area contributed by atoms with E-state index in [0.29, 0.717) is 97.1 Å². The first-order valence-electron chi connectivity index (χ1n) is 26.4. The molecule has 78 heavy (non-hydrogen) atoms. The van der Waals surface area contributed by atoms with Gasteiger partial charge in [-0.3, -0.25) is 48.4 Å². The van der Waals surface area contributed by atoms with Crippen LogP contribution in [-0.2, 0) is 24.0 Å². The van der Waals surface area contributed by atoms with Crippen LogP contribution >= 0.6 is 0 Å². The normalized spacial score (nSPS) is 17.9. The van der Waals surface area contributed by atoms with E-state index < -0.39 is 12.0 Å². The number of imide groups is 1. The standard InChI is InChI=1S/C60H63N7O11/c1-35(2)57(64-54(70)10-7-6-8-21-65-55(71)19-20-56(65)72)50(69)25-37(4)58(73)63-42-15-11-38(12-16-42)40-26-44-32-62-49-30-53(52(76-5)28-47(49)60(75)67(44)33-40)78-23-9-22-77-51-29-48-46(24-36(51)3)59(74)66-34-41(27-43(66)31-61-48)39-13-17-45(68)18-14-39/h11-20,24,28-35,37,43-44,57,68H,6-10,21-23,25-27H2,1-5H3,(H,63,73)(H,64,70)/t37-,43+,44+,57+/m1/s1. The van der Waals surface area contributed by atoms with E-state index in [1.165, 1.54) is 24.2 Å². The van der Waals surface area contributed by atoms with Crippen LogP contribution < -0.4 is 24.8 Å². The molecule has 0 unspecified atom stereocenters. The van der Waals surface area contributed by atoms with Crippen LogP contribution in [0.1, 0.15) is 110 Å². The van der Waals surface area contributed by atoms with Gasteiger partial charge in [0.2, 0.25) is 11.8 Å². The molecule has 5 aliphatic heterocycles. The maximum absolute atomic E-state index is 14.1. The number of aliphatic imine (C=N–C) groups is 2. The first-order valence-corrected chi connectivity index (χ1v) is 26.4. The Bertz CT molecular complexity index is 3180. The second-order valence-corrected chi connectivity index (χ2v) is 20.5. The van der Waals surface area contributed by atoms with E-state index in [9.17, 15) is 38.7 Å². The Hall–Kier alpha value is -8.67. The van der Waals surface area contributed by atoms with Gasteiger partial charge in [0, 0.05) is 99.4 Å². The number of unbranched alkanes of at least 4 members (excludes halogenated alkanes) is 2. The number of methoxy groups -OCH3 is 1. The molecule has 0 bridgehead atoms. The number of phenolic OH excluding ortho intramolecular Hbond substituents is 1. The zero-order chi connectivity index (χ0) is 55.2. The zero-order valence-electron chi connectivity index (χ0n) is 44.3. The predicted octanol–water partition coefficient (Wildman–Crippen LogP) is 8.66. The number of aromatic hydroxyl groups is 1. The summed E-state index contributed by atoms with van der Waals surface area (Å²) in [7, 11) is 1.51. The molecular formula is C60H63N7O11. The van der Waals surface area contributed by atoms with Gasteiger partial charge in [-0.05, 0) is 89.9 Å². The number of ether oxygens (including phenoxy) is 3. The summed E-state index contributed by atoms with van der Waals surface area (Å²) in [5.74, 6) is -1.16.